The number of amides is 2. The van der Waals surface area contributed by atoms with Crippen molar-refractivity contribution >= 4 is 36.5 Å². The molecule has 5 atom stereocenters. The van der Waals surface area contributed by atoms with E-state index < -0.39 is 61.8 Å². The molecule has 4 aromatic carbocycles. The summed E-state index contributed by atoms with van der Waals surface area (Å²) in [4.78, 5) is 42.0. The van der Waals surface area contributed by atoms with Gasteiger partial charge in [-0.3, -0.25) is 14.5 Å². The summed E-state index contributed by atoms with van der Waals surface area (Å²) in [7, 11) is -1.99. The van der Waals surface area contributed by atoms with E-state index in [1.54, 1.807) is 54.6 Å². The first-order chi connectivity index (χ1) is 23.1. The number of benzene rings is 4. The number of hydrogen-bond acceptors (Lipinski definition) is 8. The van der Waals surface area contributed by atoms with Gasteiger partial charge in [-0.2, -0.15) is 0 Å². The number of aliphatic hydroxyl groups excluding tert-OH is 1. The Labute approximate surface area is 281 Å². The van der Waals surface area contributed by atoms with Crippen molar-refractivity contribution in [2.75, 3.05) is 13.7 Å². The average molecular weight is 666 g/mol. The van der Waals surface area contributed by atoms with Gasteiger partial charge in [0.15, 0.2) is 6.29 Å². The van der Waals surface area contributed by atoms with Crippen molar-refractivity contribution < 1.29 is 38.1 Å². The van der Waals surface area contributed by atoms with Gasteiger partial charge in [-0.15, -0.1) is 0 Å². The van der Waals surface area contributed by atoms with Crippen LogP contribution in [0.2, 0.25) is 5.04 Å². The second-order valence-corrected chi connectivity index (χ2v) is 17.2. The fourth-order valence-corrected chi connectivity index (χ4v) is 11.5. The van der Waals surface area contributed by atoms with Crippen LogP contribution in [0.25, 0.3) is 0 Å². The van der Waals surface area contributed by atoms with Crippen LogP contribution in [-0.2, 0) is 18.6 Å². The number of aliphatic hydroxyl groups is 1. The van der Waals surface area contributed by atoms with E-state index in [4.69, 9.17) is 18.6 Å². The third kappa shape index (κ3) is 5.91. The molecule has 2 aliphatic heterocycles. The number of methoxy groups -OCH3 is 1. The molecule has 0 aromatic heterocycles. The predicted molar refractivity (Wildman–Crippen MR) is 182 cm³/mol. The molecule has 2 heterocycles. The minimum atomic E-state index is -3.39. The van der Waals surface area contributed by atoms with Gasteiger partial charge in [0.05, 0.1) is 16.7 Å². The number of hydrogen-bond donors (Lipinski definition) is 1. The van der Waals surface area contributed by atoms with E-state index in [0.29, 0.717) is 5.56 Å². The Morgan fingerprint density at radius 3 is 1.75 bits per heavy atom. The van der Waals surface area contributed by atoms with Gasteiger partial charge in [-0.05, 0) is 39.7 Å². The smallest absolute Gasteiger partial charge is 0.338 e. The molecule has 9 nitrogen and oxygen atoms in total. The molecule has 1 N–H and O–H groups in total. The summed E-state index contributed by atoms with van der Waals surface area (Å²) in [5.74, 6) is -1.67. The fourth-order valence-electron chi connectivity index (χ4n) is 6.83. The molecule has 0 aliphatic carbocycles. The van der Waals surface area contributed by atoms with E-state index >= 15 is 0 Å². The van der Waals surface area contributed by atoms with Gasteiger partial charge in [-0.1, -0.05) is 112 Å². The van der Waals surface area contributed by atoms with E-state index in [-0.39, 0.29) is 17.7 Å². The van der Waals surface area contributed by atoms with Crippen LogP contribution in [0, 0.1) is 0 Å². The molecule has 4 aromatic rings. The highest BCUT2D eigenvalue weighted by molar-refractivity contribution is 6.99. The lowest BCUT2D eigenvalue weighted by atomic mass is 9.95. The third-order valence-corrected chi connectivity index (χ3v) is 14.1. The second-order valence-electron chi connectivity index (χ2n) is 13.0. The van der Waals surface area contributed by atoms with Gasteiger partial charge in [0.2, 0.25) is 0 Å². The fraction of sp³-hybridized carbons (Fsp3) is 0.289. The summed E-state index contributed by atoms with van der Waals surface area (Å²) in [6.45, 7) is 5.95. The Morgan fingerprint density at radius 2 is 1.27 bits per heavy atom. The van der Waals surface area contributed by atoms with Crippen LogP contribution in [-0.4, -0.2) is 80.5 Å². The Morgan fingerprint density at radius 1 is 0.792 bits per heavy atom. The van der Waals surface area contributed by atoms with Crippen LogP contribution < -0.4 is 10.4 Å². The molecular formula is C38H39NO8Si. The Hall–Kier alpha value is -4.45. The van der Waals surface area contributed by atoms with Gasteiger partial charge in [0.25, 0.3) is 20.1 Å². The summed E-state index contributed by atoms with van der Waals surface area (Å²) in [5, 5.41) is 13.6. The molecule has 6 rings (SSSR count). The topological polar surface area (TPSA) is 112 Å². The van der Waals surface area contributed by atoms with Crippen molar-refractivity contribution in [3.8, 4) is 0 Å². The zero-order chi connectivity index (χ0) is 34.1. The summed E-state index contributed by atoms with van der Waals surface area (Å²) in [5.41, 5.74) is 0.833. The molecule has 248 valence electrons. The molecule has 10 heteroatoms. The second kappa shape index (κ2) is 13.6. The molecule has 48 heavy (non-hydrogen) atoms. The van der Waals surface area contributed by atoms with Crippen LogP contribution in [0.1, 0.15) is 51.8 Å². The van der Waals surface area contributed by atoms with Crippen molar-refractivity contribution in [1.29, 1.82) is 0 Å². The highest BCUT2D eigenvalue weighted by Gasteiger charge is 2.59. The Bertz CT molecular complexity index is 1690. The molecule has 1 fully saturated rings. The van der Waals surface area contributed by atoms with Gasteiger partial charge in [-0.25, -0.2) is 4.79 Å². The summed E-state index contributed by atoms with van der Waals surface area (Å²) >= 11 is 0. The van der Waals surface area contributed by atoms with E-state index in [0.717, 1.165) is 15.3 Å². The number of nitrogens with zero attached hydrogens (tertiary/aromatic N) is 1. The minimum Gasteiger partial charge on any atom is -0.459 e. The number of carbonyl (C=O) groups is 3. The van der Waals surface area contributed by atoms with Gasteiger partial charge in [0.1, 0.15) is 31.0 Å². The van der Waals surface area contributed by atoms with E-state index in [2.05, 4.69) is 20.8 Å². The summed E-state index contributed by atoms with van der Waals surface area (Å²) in [6, 6.07) is 33.6. The quantitative estimate of drug-likeness (QED) is 0.161. The molecule has 0 bridgehead atoms. The zero-order valence-electron chi connectivity index (χ0n) is 27.3. The van der Waals surface area contributed by atoms with Crippen LogP contribution in [0.15, 0.2) is 115 Å². The van der Waals surface area contributed by atoms with Crippen LogP contribution in [0.4, 0.5) is 0 Å². The number of esters is 1. The van der Waals surface area contributed by atoms with E-state index in [1.165, 1.54) is 7.11 Å². The van der Waals surface area contributed by atoms with Crippen molar-refractivity contribution in [2.45, 2.75) is 56.5 Å². The van der Waals surface area contributed by atoms with Crippen molar-refractivity contribution in [1.82, 2.24) is 4.90 Å². The number of ether oxygens (including phenoxy) is 3. The lowest BCUT2D eigenvalue weighted by molar-refractivity contribution is -0.268. The Kier molecular flexibility index (Phi) is 9.46. The maximum atomic E-state index is 14.0. The molecule has 2 amide bonds. The van der Waals surface area contributed by atoms with Crippen LogP contribution in [0.3, 0.4) is 0 Å². The minimum absolute atomic E-state index is 0.245. The number of carbonyl (C=O) groups excluding carboxylic acids is 3. The average Bonchev–Trinajstić information content (AvgIpc) is 3.36. The number of rotatable bonds is 9. The predicted octanol–water partition coefficient (Wildman–Crippen LogP) is 4.19. The summed E-state index contributed by atoms with van der Waals surface area (Å²) < 4.78 is 25.1. The van der Waals surface area contributed by atoms with Crippen molar-refractivity contribution in [3.05, 3.63) is 132 Å². The summed E-state index contributed by atoms with van der Waals surface area (Å²) in [6.07, 6.45) is -5.00. The maximum absolute atomic E-state index is 14.0. The van der Waals surface area contributed by atoms with Crippen molar-refractivity contribution in [2.24, 2.45) is 0 Å². The lowest BCUT2D eigenvalue weighted by Crippen LogP contribution is -2.74. The third-order valence-electron chi connectivity index (χ3n) is 9.12. The SMILES string of the molecule is CO[C@@H]1O[C@H](COC(=O)c2ccccc2)[C@@H](O)[C@H](O[Si](c2ccccc2)(c2ccccc2)C(C)(C)C)[C@H]1N1C(=O)c2ccccc2C1=O. The molecule has 0 unspecified atom stereocenters. The molecule has 0 radical (unpaired) electrons. The first kappa shape index (κ1) is 33.4. The lowest BCUT2D eigenvalue weighted by Gasteiger charge is -2.52. The molecule has 1 saturated heterocycles. The molecule has 0 spiro atoms. The number of fused-ring (bicyclic) bond motifs is 1. The largest absolute Gasteiger partial charge is 0.459 e. The maximum Gasteiger partial charge on any atom is 0.338 e. The van der Waals surface area contributed by atoms with Crippen LogP contribution >= 0.6 is 0 Å². The monoisotopic (exact) mass is 665 g/mol. The number of imide groups is 1. The highest BCUT2D eigenvalue weighted by Crippen LogP contribution is 2.41. The van der Waals surface area contributed by atoms with Gasteiger partial charge >= 0.3 is 5.97 Å². The van der Waals surface area contributed by atoms with Crippen molar-refractivity contribution in [3.63, 3.8) is 0 Å². The highest BCUT2D eigenvalue weighted by atomic mass is 28.4. The van der Waals surface area contributed by atoms with Gasteiger partial charge in [0, 0.05) is 7.11 Å². The van der Waals surface area contributed by atoms with Crippen LogP contribution in [0.5, 0.6) is 0 Å². The standard InChI is InChI=1S/C38H39NO8Si/c1-38(2,3)48(26-18-10-6-11-19-26,27-20-12-7-13-21-27)47-33-31(39-34(41)28-22-14-15-23-29(28)35(39)42)37(44-4)46-30(32(33)40)24-45-36(43)25-16-8-5-9-17-25/h5-23,30-33,37,40H,24H2,1-4H3/t30-,31-,32-,33-,37-/m1/s1. The normalized spacial score (nSPS) is 22.8. The first-order valence-corrected chi connectivity index (χ1v) is 17.8. The van der Waals surface area contributed by atoms with E-state index in [9.17, 15) is 19.5 Å². The first-order valence-electron chi connectivity index (χ1n) is 15.9. The van der Waals surface area contributed by atoms with Gasteiger partial charge < -0.3 is 23.7 Å². The van der Waals surface area contributed by atoms with E-state index in [1.807, 2.05) is 60.7 Å². The molecular weight excluding hydrogens is 627 g/mol. The zero-order valence-corrected chi connectivity index (χ0v) is 28.3. The molecule has 0 saturated carbocycles. The Balaban J connectivity index is 1.47. The molecule has 2 aliphatic rings.